The summed E-state index contributed by atoms with van der Waals surface area (Å²) in [6.07, 6.45) is 0. The second-order valence-electron chi connectivity index (χ2n) is 2.31. The Morgan fingerprint density at radius 2 is 0.158 bits per heavy atom. The molecule has 28 nitrogen and oxygen atoms in total. The molecule has 0 aromatic carbocycles. The maximum atomic E-state index is 8.42. The third-order valence-electron chi connectivity index (χ3n) is 0. The van der Waals surface area contributed by atoms with Crippen molar-refractivity contribution in [2.24, 2.45) is 0 Å². The molecular weight excluding hydrogens is 580 g/mol. The summed E-state index contributed by atoms with van der Waals surface area (Å²) in [7, 11) is -23.3. The fourth-order valence-corrected chi connectivity index (χ4v) is 0. The molecule has 0 unspecified atom stereocenters. The van der Waals surface area contributed by atoms with Crippen molar-refractivity contribution in [1.29, 1.82) is 0 Å². The van der Waals surface area contributed by atoms with E-state index >= 15 is 0 Å². The third-order valence-corrected chi connectivity index (χ3v) is 0. The normalized spacial score (nSPS) is 5.68. The zero-order valence-corrected chi connectivity index (χ0v) is 22.4. The van der Waals surface area contributed by atoms with Gasteiger partial charge in [-0.25, -0.2) is 0 Å². The molecule has 0 amide bonds. The molecule has 8 N–H and O–H groups in total. The summed E-state index contributed by atoms with van der Waals surface area (Å²) in [5.74, 6) is 0. The van der Waals surface area contributed by atoms with Gasteiger partial charge in [0.05, 0.1) is 0 Å². The van der Waals surface area contributed by atoms with Crippen LogP contribution in [0.3, 0.4) is 0 Å². The van der Waals surface area contributed by atoms with Crippen LogP contribution in [-0.4, -0.2) is 80.5 Å². The van der Waals surface area contributed by atoms with Crippen molar-refractivity contribution in [3.05, 3.63) is 0 Å². The van der Waals surface area contributed by atoms with E-state index in [1.165, 1.54) is 0 Å². The number of hydrogen-bond donors (Lipinski definition) is 0. The molecule has 0 saturated heterocycles. The van der Waals surface area contributed by atoms with E-state index in [1.807, 2.05) is 0 Å². The van der Waals surface area contributed by atoms with Crippen molar-refractivity contribution in [3.63, 3.8) is 0 Å². The minimum absolute atomic E-state index is 0. The summed E-state index contributed by atoms with van der Waals surface area (Å²) in [5, 5.41) is 202. The molecule has 38 heteroatoms. The molecule has 0 aliphatic heterocycles. The van der Waals surface area contributed by atoms with Gasteiger partial charge in [0.1, 0.15) is 0 Å². The summed E-state index contributed by atoms with van der Waals surface area (Å²) in [6.45, 7) is 0. The van der Waals surface area contributed by atoms with Crippen molar-refractivity contribution in [3.8, 4) is 0 Å². The van der Waals surface area contributed by atoms with Crippen LogP contribution in [0, 0.1) is 0 Å². The van der Waals surface area contributed by atoms with Crippen molar-refractivity contribution < 1.29 is 202 Å². The predicted molar refractivity (Wildman–Crippen MR) is 60.5 cm³/mol. The van der Waals surface area contributed by atoms with Crippen LogP contribution in [0.25, 0.3) is 0 Å². The molecule has 0 radical (unpaired) electrons. The SMILES string of the molecule is O.O.O.O.[Na+].[Na+].[O-]B([O-])[O-].[O-]B([O-])[O-].[O-]B([O-])[O-].[O-]B([O-])[O-].[O-]B([O-])[O-].[O-]B([O-])[O-].[O-]B([O-])[O-].[O-]B([O-])[O-]. The Hall–Kier alpha value is 1.40. The first-order valence-electron chi connectivity index (χ1n) is 5.66. The van der Waals surface area contributed by atoms with E-state index in [0.717, 1.165) is 0 Å². The predicted octanol–water partition coefficient (Wildman–Crippen LogP) is -40.9. The van der Waals surface area contributed by atoms with Gasteiger partial charge in [-0.1, -0.05) is 0 Å². The van der Waals surface area contributed by atoms with E-state index in [2.05, 4.69) is 0 Å². The molecule has 224 valence electrons. The van der Waals surface area contributed by atoms with Gasteiger partial charge in [0.15, 0.2) is 0 Å². The maximum absolute atomic E-state index is 8.42. The topological polar surface area (TPSA) is 679 Å². The van der Waals surface area contributed by atoms with Gasteiger partial charge in [-0.15, -0.1) is 0 Å². The van der Waals surface area contributed by atoms with Gasteiger partial charge < -0.3 is 142 Å². The van der Waals surface area contributed by atoms with Crippen LogP contribution >= 0.6 is 0 Å². The molecule has 0 aliphatic carbocycles. The molecule has 0 aromatic heterocycles. The smallest absolute Gasteiger partial charge is 0.907 e. The first kappa shape index (κ1) is 90.1. The van der Waals surface area contributed by atoms with Gasteiger partial charge >= 0.3 is 59.1 Å². The van der Waals surface area contributed by atoms with Crippen LogP contribution in [0.2, 0.25) is 0 Å². The molecule has 0 saturated carbocycles. The Labute approximate surface area is 259 Å². The van der Waals surface area contributed by atoms with Crippen LogP contribution in [0.5, 0.6) is 0 Å². The largest absolute Gasteiger partial charge is 1.00 e. The zero-order valence-electron chi connectivity index (χ0n) is 18.4. The summed E-state index contributed by atoms with van der Waals surface area (Å²) >= 11 is 0. The Bertz CT molecular complexity index is 149. The molecule has 0 heterocycles. The first-order chi connectivity index (χ1) is 13.9. The number of rotatable bonds is 0. The fraction of sp³-hybridized carbons (Fsp3) is 0. The van der Waals surface area contributed by atoms with Crippen LogP contribution in [0.15, 0.2) is 0 Å². The van der Waals surface area contributed by atoms with Crippen LogP contribution in [0.1, 0.15) is 0 Å². The molecule has 0 rings (SSSR count). The van der Waals surface area contributed by atoms with Gasteiger partial charge in [-0.2, -0.15) is 0 Å². The quantitative estimate of drug-likeness (QED) is 0.237. The minimum atomic E-state index is -2.92. The van der Waals surface area contributed by atoms with Gasteiger partial charge in [-0.05, 0) is 0 Å². The molecule has 0 atom stereocenters. The average molecular weight is 589 g/mol. The molecule has 0 spiro atoms. The first-order valence-corrected chi connectivity index (χ1v) is 5.66. The van der Waals surface area contributed by atoms with Gasteiger partial charge in [-0.3, -0.25) is 58.6 Å². The fourth-order valence-electron chi connectivity index (χ4n) is 0. The van der Waals surface area contributed by atoms with E-state index in [1.54, 1.807) is 0 Å². The maximum Gasteiger partial charge on any atom is 1.00 e. The van der Waals surface area contributed by atoms with Crippen LogP contribution in [-0.2, 0) is 0 Å². The van der Waals surface area contributed by atoms with Gasteiger partial charge in [0.25, 0.3) is 0 Å². The van der Waals surface area contributed by atoms with Crippen LogP contribution < -0.4 is 180 Å². The van der Waals surface area contributed by atoms with Gasteiger partial charge in [0, 0.05) is 0 Å². The van der Waals surface area contributed by atoms with Crippen molar-refractivity contribution in [1.82, 2.24) is 0 Å². The molecular formula is H8B8Na2O28-22. The number of hydrogen-bond acceptors (Lipinski definition) is 24. The van der Waals surface area contributed by atoms with E-state index in [-0.39, 0.29) is 81.0 Å². The molecule has 0 fully saturated rings. The minimum Gasteiger partial charge on any atom is -0.907 e. The third kappa shape index (κ3) is 25300. The Balaban J connectivity index is -0.0000000141. The second-order valence-corrected chi connectivity index (χ2v) is 2.31. The second kappa shape index (κ2) is 83.3. The summed E-state index contributed by atoms with van der Waals surface area (Å²) in [6, 6.07) is 0. The van der Waals surface area contributed by atoms with E-state index in [4.69, 9.17) is 121 Å². The molecule has 0 bridgehead atoms. The van der Waals surface area contributed by atoms with E-state index in [0.29, 0.717) is 0 Å². The summed E-state index contributed by atoms with van der Waals surface area (Å²) in [4.78, 5) is 0. The Morgan fingerprint density at radius 1 is 0.158 bits per heavy atom. The summed E-state index contributed by atoms with van der Waals surface area (Å²) < 4.78 is 0. The van der Waals surface area contributed by atoms with Gasteiger partial charge in [0.2, 0.25) is 0 Å². The average Bonchev–Trinajstić information content (AvgIpc) is 2.30. The molecule has 0 aromatic rings. The van der Waals surface area contributed by atoms with Crippen LogP contribution in [0.4, 0.5) is 0 Å². The Morgan fingerprint density at radius 3 is 0.158 bits per heavy atom. The van der Waals surface area contributed by atoms with Crippen molar-refractivity contribution in [2.45, 2.75) is 0 Å². The Kier molecular flexibility index (Phi) is 197. The van der Waals surface area contributed by atoms with E-state index < -0.39 is 58.6 Å². The van der Waals surface area contributed by atoms with E-state index in [9.17, 15) is 0 Å². The zero-order chi connectivity index (χ0) is 28.6. The van der Waals surface area contributed by atoms with Crippen molar-refractivity contribution >= 4 is 58.6 Å². The monoisotopic (exact) mass is 590 g/mol. The van der Waals surface area contributed by atoms with Crippen molar-refractivity contribution in [2.75, 3.05) is 0 Å². The molecule has 38 heavy (non-hydrogen) atoms. The standard InChI is InChI=1S/8BO3.2Na.4H2O/c8*2-1(3)4;;;;;;/h;;;;;;;;;;4*1H2/q8*-3;2*+1;;;;. The summed E-state index contributed by atoms with van der Waals surface area (Å²) in [5.41, 5.74) is 0. The molecule has 0 aliphatic rings.